The molecule has 32 heavy (non-hydrogen) atoms. The van der Waals surface area contributed by atoms with Crippen LogP contribution in [0.3, 0.4) is 0 Å². The molecule has 2 heterocycles. The predicted octanol–water partition coefficient (Wildman–Crippen LogP) is 1.35. The number of carboxylic acids is 1. The average Bonchev–Trinajstić information content (AvgIpc) is 2.90. The number of aryl methyl sites for hydroxylation is 1. The van der Waals surface area contributed by atoms with Crippen molar-refractivity contribution in [1.29, 1.82) is 0 Å². The molecule has 0 radical (unpaired) electrons. The molecule has 1 amide bonds. The van der Waals surface area contributed by atoms with Crippen LogP contribution in [-0.2, 0) is 25.5 Å². The molecule has 3 atom stereocenters. The number of benzene rings is 1. The van der Waals surface area contributed by atoms with Crippen molar-refractivity contribution in [1.82, 2.24) is 15.3 Å². The number of halogens is 1. The molecule has 0 aromatic heterocycles. The van der Waals surface area contributed by atoms with Crippen molar-refractivity contribution in [3.63, 3.8) is 0 Å². The van der Waals surface area contributed by atoms with E-state index in [1.54, 1.807) is 6.92 Å². The van der Waals surface area contributed by atoms with Gasteiger partial charge in [-0.05, 0) is 51.0 Å². The number of hydrogen-bond donors (Lipinski definition) is 2. The number of carboxylic acid groups (broad SMARTS) is 1. The number of carbonyl (C=O) groups is 3. The molecule has 1 aromatic carbocycles. The van der Waals surface area contributed by atoms with E-state index in [1.807, 2.05) is 35.3 Å². The number of amides is 1. The first-order valence-electron chi connectivity index (χ1n) is 10.8. The molecule has 1 aromatic rings. The second kappa shape index (κ2) is 13.5. The Morgan fingerprint density at radius 2 is 1.84 bits per heavy atom. The fraction of sp³-hybridized carbons (Fsp3) is 0.591. The smallest absolute Gasteiger partial charge is 0.328 e. The van der Waals surface area contributed by atoms with E-state index >= 15 is 0 Å². The first-order valence-corrected chi connectivity index (χ1v) is 10.8. The quantitative estimate of drug-likeness (QED) is 0.499. The lowest BCUT2D eigenvalue weighted by Crippen LogP contribution is -2.61. The highest BCUT2D eigenvalue weighted by Gasteiger charge is 2.42. The highest BCUT2D eigenvalue weighted by Crippen LogP contribution is 2.24. The Hall–Kier alpha value is -2.01. The molecule has 0 aliphatic carbocycles. The summed E-state index contributed by atoms with van der Waals surface area (Å²) in [5.41, 5.74) is 1.11. The minimum Gasteiger partial charge on any atom is -0.480 e. The zero-order chi connectivity index (χ0) is 21.5. The van der Waals surface area contributed by atoms with Gasteiger partial charge in [0.05, 0.1) is 12.6 Å². The molecule has 0 unspecified atom stereocenters. The van der Waals surface area contributed by atoms with Crippen LogP contribution in [0.5, 0.6) is 0 Å². The van der Waals surface area contributed by atoms with E-state index < -0.39 is 24.1 Å². The third-order valence-corrected chi connectivity index (χ3v) is 5.75. The summed E-state index contributed by atoms with van der Waals surface area (Å²) >= 11 is 0. The van der Waals surface area contributed by atoms with Crippen LogP contribution in [-0.4, -0.2) is 76.3 Å². The fourth-order valence-electron chi connectivity index (χ4n) is 4.26. The molecule has 2 aliphatic heterocycles. The molecule has 2 saturated heterocycles. The summed E-state index contributed by atoms with van der Waals surface area (Å²) in [6.07, 6.45) is 3.67. The van der Waals surface area contributed by atoms with Gasteiger partial charge in [-0.1, -0.05) is 30.3 Å². The zero-order valence-electron chi connectivity index (χ0n) is 18.4. The summed E-state index contributed by atoms with van der Waals surface area (Å²) in [6.45, 7) is 3.34. The number of hydrazine groups is 1. The summed E-state index contributed by atoms with van der Waals surface area (Å²) in [7, 11) is 0. The fourth-order valence-corrected chi connectivity index (χ4v) is 4.26. The Kier molecular flexibility index (Phi) is 11.8. The minimum atomic E-state index is -0.986. The maximum absolute atomic E-state index is 13.3. The molecule has 0 spiro atoms. The predicted molar refractivity (Wildman–Crippen MR) is 124 cm³/mol. The lowest BCUT2D eigenvalue weighted by Gasteiger charge is -2.42. The number of esters is 1. The van der Waals surface area contributed by atoms with Gasteiger partial charge in [-0.2, -0.15) is 0 Å². The van der Waals surface area contributed by atoms with Crippen LogP contribution in [0.25, 0.3) is 0 Å². The summed E-state index contributed by atoms with van der Waals surface area (Å²) in [6, 6.07) is 7.77. The molecular formula is C22H34BrN3O6. The number of nitrogens with one attached hydrogen (secondary N) is 1. The average molecular weight is 516 g/mol. The standard InChI is InChI=1S/C22H31N3O5.BrH.H2O/c1-2-30-22(29)18(13-12-16-8-4-3-5-9-16)23-17-10-6-14-24-15-7-11-19(21(27)28)25(24)20(17)26;;/h3-5,8-9,17-19,23H,2,6-7,10-15H2,1H3,(H,27,28);1H;1H2/t17-,18-,19-;;/m0../s1. The van der Waals surface area contributed by atoms with Gasteiger partial charge in [0.15, 0.2) is 0 Å². The maximum Gasteiger partial charge on any atom is 0.328 e. The van der Waals surface area contributed by atoms with Crippen LogP contribution in [0.4, 0.5) is 0 Å². The highest BCUT2D eigenvalue weighted by molar-refractivity contribution is 8.93. The van der Waals surface area contributed by atoms with E-state index in [9.17, 15) is 19.5 Å². The Morgan fingerprint density at radius 1 is 1.19 bits per heavy atom. The van der Waals surface area contributed by atoms with Crippen LogP contribution in [0, 0.1) is 0 Å². The monoisotopic (exact) mass is 515 g/mol. The third-order valence-electron chi connectivity index (χ3n) is 5.75. The molecule has 0 bridgehead atoms. The maximum atomic E-state index is 13.3. The Bertz CT molecular complexity index is 750. The van der Waals surface area contributed by atoms with Crippen molar-refractivity contribution in [3.8, 4) is 0 Å². The number of aliphatic carboxylic acids is 1. The van der Waals surface area contributed by atoms with E-state index in [4.69, 9.17) is 4.74 Å². The zero-order valence-corrected chi connectivity index (χ0v) is 20.1. The molecule has 3 rings (SSSR count). The SMILES string of the molecule is Br.CCOC(=O)[C@H](CCc1ccccc1)N[C@H]1CCCN2CCC[C@@H](C(=O)O)N2C1=O.O. The van der Waals surface area contributed by atoms with Crippen molar-refractivity contribution in [2.45, 2.75) is 63.6 Å². The van der Waals surface area contributed by atoms with Gasteiger partial charge in [0.25, 0.3) is 5.91 Å². The Morgan fingerprint density at radius 3 is 2.47 bits per heavy atom. The van der Waals surface area contributed by atoms with Crippen LogP contribution >= 0.6 is 17.0 Å². The first-order chi connectivity index (χ1) is 14.5. The van der Waals surface area contributed by atoms with Gasteiger partial charge in [-0.3, -0.25) is 19.9 Å². The van der Waals surface area contributed by atoms with Crippen molar-refractivity contribution in [2.75, 3.05) is 19.7 Å². The van der Waals surface area contributed by atoms with Crippen LogP contribution < -0.4 is 5.32 Å². The summed E-state index contributed by atoms with van der Waals surface area (Å²) < 4.78 is 5.24. The van der Waals surface area contributed by atoms with E-state index in [0.717, 1.165) is 18.4 Å². The normalized spacial score (nSPS) is 21.9. The Balaban J connectivity index is 0.00000256. The number of nitrogens with zero attached hydrogens (tertiary/aromatic N) is 2. The molecule has 10 heteroatoms. The van der Waals surface area contributed by atoms with Gasteiger partial charge in [-0.25, -0.2) is 9.80 Å². The van der Waals surface area contributed by atoms with Crippen LogP contribution in [0.2, 0.25) is 0 Å². The second-order valence-electron chi connectivity index (χ2n) is 7.82. The minimum absolute atomic E-state index is 0. The topological polar surface area (TPSA) is 131 Å². The molecular weight excluding hydrogens is 482 g/mol. The number of carbonyl (C=O) groups excluding carboxylic acids is 2. The van der Waals surface area contributed by atoms with Gasteiger partial charge in [-0.15, -0.1) is 17.0 Å². The number of hydrogen-bond acceptors (Lipinski definition) is 6. The summed E-state index contributed by atoms with van der Waals surface area (Å²) in [5, 5.41) is 16.1. The van der Waals surface area contributed by atoms with Gasteiger partial charge in [0, 0.05) is 13.1 Å². The summed E-state index contributed by atoms with van der Waals surface area (Å²) in [5.74, 6) is -1.64. The van der Waals surface area contributed by atoms with E-state index in [0.29, 0.717) is 38.8 Å². The number of rotatable bonds is 8. The largest absolute Gasteiger partial charge is 0.480 e. The summed E-state index contributed by atoms with van der Waals surface area (Å²) in [4.78, 5) is 37.6. The molecule has 4 N–H and O–H groups in total. The molecule has 9 nitrogen and oxygen atoms in total. The number of fused-ring (bicyclic) bond motifs is 1. The van der Waals surface area contributed by atoms with Gasteiger partial charge < -0.3 is 15.3 Å². The molecule has 2 fully saturated rings. The number of ether oxygens (including phenoxy) is 1. The van der Waals surface area contributed by atoms with E-state index in [-0.39, 0.29) is 40.9 Å². The van der Waals surface area contributed by atoms with Crippen LogP contribution in [0.1, 0.15) is 44.6 Å². The van der Waals surface area contributed by atoms with E-state index in [1.165, 1.54) is 5.01 Å². The van der Waals surface area contributed by atoms with Gasteiger partial charge in [0.2, 0.25) is 0 Å². The lowest BCUT2D eigenvalue weighted by molar-refractivity contribution is -0.174. The molecule has 0 saturated carbocycles. The van der Waals surface area contributed by atoms with Gasteiger partial charge in [0.1, 0.15) is 12.1 Å². The lowest BCUT2D eigenvalue weighted by atomic mass is 10.0. The van der Waals surface area contributed by atoms with Crippen molar-refractivity contribution in [2.24, 2.45) is 0 Å². The Labute approximate surface area is 199 Å². The van der Waals surface area contributed by atoms with Crippen molar-refractivity contribution < 1.29 is 29.7 Å². The highest BCUT2D eigenvalue weighted by atomic mass is 79.9. The van der Waals surface area contributed by atoms with Crippen LogP contribution in [0.15, 0.2) is 30.3 Å². The van der Waals surface area contributed by atoms with Crippen molar-refractivity contribution >= 4 is 34.8 Å². The third kappa shape index (κ3) is 6.99. The van der Waals surface area contributed by atoms with Crippen molar-refractivity contribution in [3.05, 3.63) is 35.9 Å². The van der Waals surface area contributed by atoms with Gasteiger partial charge >= 0.3 is 11.9 Å². The molecule has 2 aliphatic rings. The first kappa shape index (κ1) is 28.0. The van der Waals surface area contributed by atoms with E-state index in [2.05, 4.69) is 5.32 Å². The second-order valence-corrected chi connectivity index (χ2v) is 7.82. The molecule has 180 valence electrons.